The van der Waals surface area contributed by atoms with Crippen molar-refractivity contribution >= 4 is 17.8 Å². The van der Waals surface area contributed by atoms with Gasteiger partial charge in [-0.1, -0.05) is 24.3 Å². The number of methoxy groups -OCH3 is 1. The molecule has 0 radical (unpaired) electrons. The maximum Gasteiger partial charge on any atom is 0.416 e. The highest BCUT2D eigenvalue weighted by Crippen LogP contribution is 2.33. The number of amides is 1. The number of hydrogen-bond acceptors (Lipinski definition) is 7. The standard InChI is InChI=1S/C20H21F3N2O2.C4H6O6/c1-27-16-4-2-3-13(9-16)10-25-19(26)18-12-24-11-17(18)14-5-7-15(8-6-14)20(21,22)23;5-1(3(7)8)2(6)4(9)10/h2-9,17-18,24H,10-12H2,1H3,(H,25,26);1-2,5-6H,(H,7,8)(H,9,10)/t17-,18+;/m0./s1. The first-order chi connectivity index (χ1) is 17.3. The summed E-state index contributed by atoms with van der Waals surface area (Å²) >= 11 is 0. The van der Waals surface area contributed by atoms with E-state index in [0.29, 0.717) is 25.4 Å². The van der Waals surface area contributed by atoms with Crippen LogP contribution in [0.4, 0.5) is 13.2 Å². The maximum absolute atomic E-state index is 12.7. The molecule has 1 fully saturated rings. The highest BCUT2D eigenvalue weighted by molar-refractivity contribution is 5.83. The number of aliphatic hydroxyl groups is 2. The van der Waals surface area contributed by atoms with E-state index in [2.05, 4.69) is 10.6 Å². The fraction of sp³-hybridized carbons (Fsp3) is 0.375. The minimum atomic E-state index is -4.36. The predicted octanol–water partition coefficient (Wildman–Crippen LogP) is 1.21. The molecule has 1 amide bonds. The van der Waals surface area contributed by atoms with E-state index in [-0.39, 0.29) is 17.7 Å². The topological polar surface area (TPSA) is 165 Å². The van der Waals surface area contributed by atoms with Gasteiger partial charge in [-0.05, 0) is 35.4 Å². The molecule has 0 saturated carbocycles. The van der Waals surface area contributed by atoms with E-state index < -0.39 is 35.9 Å². The number of carboxylic acids is 2. The zero-order chi connectivity index (χ0) is 27.8. The van der Waals surface area contributed by atoms with Crippen LogP contribution in [0.3, 0.4) is 0 Å². The molecule has 0 bridgehead atoms. The summed E-state index contributed by atoms with van der Waals surface area (Å²) in [5.74, 6) is -3.42. The average Bonchev–Trinajstić information content (AvgIpc) is 3.36. The molecule has 2 aromatic carbocycles. The molecule has 1 saturated heterocycles. The molecule has 37 heavy (non-hydrogen) atoms. The third-order valence-electron chi connectivity index (χ3n) is 5.62. The van der Waals surface area contributed by atoms with Crippen molar-refractivity contribution in [2.45, 2.75) is 30.8 Å². The lowest BCUT2D eigenvalue weighted by Gasteiger charge is -2.19. The number of carbonyl (C=O) groups excluding carboxylic acids is 1. The first kappa shape index (κ1) is 29.5. The summed E-state index contributed by atoms with van der Waals surface area (Å²) in [6.07, 6.45) is -8.89. The van der Waals surface area contributed by atoms with Gasteiger partial charge < -0.3 is 35.8 Å². The van der Waals surface area contributed by atoms with Crippen molar-refractivity contribution < 1.29 is 52.7 Å². The predicted molar refractivity (Wildman–Crippen MR) is 123 cm³/mol. The summed E-state index contributed by atoms with van der Waals surface area (Å²) in [5, 5.41) is 38.6. The number of benzene rings is 2. The van der Waals surface area contributed by atoms with Crippen LogP contribution < -0.4 is 15.4 Å². The van der Waals surface area contributed by atoms with E-state index in [4.69, 9.17) is 25.2 Å². The van der Waals surface area contributed by atoms with Gasteiger partial charge in [-0.2, -0.15) is 13.2 Å². The minimum Gasteiger partial charge on any atom is -0.497 e. The van der Waals surface area contributed by atoms with Crippen LogP contribution in [0.25, 0.3) is 0 Å². The van der Waals surface area contributed by atoms with Gasteiger partial charge in [0.25, 0.3) is 0 Å². The van der Waals surface area contributed by atoms with E-state index in [1.807, 2.05) is 24.3 Å². The number of carboxylic acid groups (broad SMARTS) is 2. The monoisotopic (exact) mass is 528 g/mol. The van der Waals surface area contributed by atoms with Crippen LogP contribution in [0.5, 0.6) is 5.75 Å². The quantitative estimate of drug-likeness (QED) is 0.295. The fourth-order valence-corrected chi connectivity index (χ4v) is 3.60. The number of rotatable bonds is 8. The first-order valence-electron chi connectivity index (χ1n) is 11.0. The summed E-state index contributed by atoms with van der Waals surface area (Å²) in [4.78, 5) is 32.2. The number of ether oxygens (including phenoxy) is 1. The van der Waals surface area contributed by atoms with Crippen molar-refractivity contribution in [3.63, 3.8) is 0 Å². The number of carbonyl (C=O) groups is 3. The molecule has 2 aromatic rings. The van der Waals surface area contributed by atoms with Crippen LogP contribution >= 0.6 is 0 Å². The van der Waals surface area contributed by atoms with Crippen LogP contribution in [0, 0.1) is 5.92 Å². The highest BCUT2D eigenvalue weighted by Gasteiger charge is 2.35. The second kappa shape index (κ2) is 13.0. The lowest BCUT2D eigenvalue weighted by molar-refractivity contribution is -0.165. The molecule has 0 aromatic heterocycles. The van der Waals surface area contributed by atoms with Crippen molar-refractivity contribution in [3.05, 3.63) is 65.2 Å². The number of nitrogens with one attached hydrogen (secondary N) is 2. The molecule has 1 heterocycles. The molecule has 4 atom stereocenters. The van der Waals surface area contributed by atoms with E-state index in [0.717, 1.165) is 23.3 Å². The van der Waals surface area contributed by atoms with Crippen LogP contribution in [0.2, 0.25) is 0 Å². The number of alkyl halides is 3. The fourth-order valence-electron chi connectivity index (χ4n) is 3.60. The van der Waals surface area contributed by atoms with Gasteiger partial charge in [-0.3, -0.25) is 4.79 Å². The van der Waals surface area contributed by atoms with E-state index >= 15 is 0 Å². The van der Waals surface area contributed by atoms with Gasteiger partial charge in [0.05, 0.1) is 18.6 Å². The number of halogens is 3. The molecule has 0 aliphatic carbocycles. The van der Waals surface area contributed by atoms with Gasteiger partial charge in [0.1, 0.15) is 5.75 Å². The Labute approximate surface area is 209 Å². The Morgan fingerprint density at radius 1 is 1.03 bits per heavy atom. The molecular formula is C24H27F3N2O8. The van der Waals surface area contributed by atoms with Crippen LogP contribution in [-0.4, -0.2) is 70.7 Å². The summed E-state index contributed by atoms with van der Waals surface area (Å²) in [5.41, 5.74) is 0.963. The Bertz CT molecular complexity index is 1060. The second-order valence-electron chi connectivity index (χ2n) is 8.13. The van der Waals surface area contributed by atoms with Gasteiger partial charge >= 0.3 is 18.1 Å². The Balaban J connectivity index is 0.000000410. The van der Waals surface area contributed by atoms with Gasteiger partial charge in [0.15, 0.2) is 12.2 Å². The van der Waals surface area contributed by atoms with E-state index in [9.17, 15) is 27.6 Å². The normalized spacial score (nSPS) is 18.6. The van der Waals surface area contributed by atoms with Gasteiger partial charge in [-0.15, -0.1) is 0 Å². The highest BCUT2D eigenvalue weighted by atomic mass is 19.4. The largest absolute Gasteiger partial charge is 0.497 e. The lowest BCUT2D eigenvalue weighted by atomic mass is 9.88. The molecule has 202 valence electrons. The van der Waals surface area contributed by atoms with Crippen molar-refractivity contribution in [1.82, 2.24) is 10.6 Å². The number of aliphatic hydroxyl groups excluding tert-OH is 2. The maximum atomic E-state index is 12.7. The zero-order valence-electron chi connectivity index (χ0n) is 19.6. The summed E-state index contributed by atoms with van der Waals surface area (Å²) < 4.78 is 43.4. The van der Waals surface area contributed by atoms with Crippen molar-refractivity contribution in [1.29, 1.82) is 0 Å². The number of hydrogen-bond donors (Lipinski definition) is 6. The van der Waals surface area contributed by atoms with E-state index in [1.54, 1.807) is 7.11 Å². The Morgan fingerprint density at radius 3 is 2.14 bits per heavy atom. The first-order valence-corrected chi connectivity index (χ1v) is 11.0. The SMILES string of the molecule is COc1cccc(CNC(=O)[C@@H]2CNC[C@H]2c2ccc(C(F)(F)F)cc2)c1.O=C(O)C(O)C(O)C(=O)O. The summed E-state index contributed by atoms with van der Waals surface area (Å²) in [6.45, 7) is 1.42. The van der Waals surface area contributed by atoms with Crippen LogP contribution in [0.15, 0.2) is 48.5 Å². The van der Waals surface area contributed by atoms with Crippen molar-refractivity contribution in [2.75, 3.05) is 20.2 Å². The molecular weight excluding hydrogens is 501 g/mol. The summed E-state index contributed by atoms with van der Waals surface area (Å²) in [7, 11) is 1.58. The van der Waals surface area contributed by atoms with Gasteiger partial charge in [0, 0.05) is 25.6 Å². The molecule has 1 aliphatic heterocycles. The molecule has 13 heteroatoms. The smallest absolute Gasteiger partial charge is 0.416 e. The van der Waals surface area contributed by atoms with E-state index in [1.165, 1.54) is 12.1 Å². The summed E-state index contributed by atoms with van der Waals surface area (Å²) in [6, 6.07) is 12.5. The molecule has 0 spiro atoms. The molecule has 3 rings (SSSR count). The van der Waals surface area contributed by atoms with Gasteiger partial charge in [-0.25, -0.2) is 9.59 Å². The van der Waals surface area contributed by atoms with Crippen molar-refractivity contribution in [3.8, 4) is 5.75 Å². The van der Waals surface area contributed by atoms with Gasteiger partial charge in [0.2, 0.25) is 5.91 Å². The molecule has 2 unspecified atom stereocenters. The van der Waals surface area contributed by atoms with Crippen LogP contribution in [0.1, 0.15) is 22.6 Å². The second-order valence-corrected chi connectivity index (χ2v) is 8.13. The Hall–Kier alpha value is -3.68. The Kier molecular flexibility index (Phi) is 10.4. The Morgan fingerprint density at radius 2 is 1.62 bits per heavy atom. The molecule has 6 N–H and O–H groups in total. The average molecular weight is 528 g/mol. The third kappa shape index (κ3) is 8.44. The number of aliphatic carboxylic acids is 2. The minimum absolute atomic E-state index is 0.118. The molecule has 10 nitrogen and oxygen atoms in total. The van der Waals surface area contributed by atoms with Crippen LogP contribution in [-0.2, 0) is 27.1 Å². The van der Waals surface area contributed by atoms with Crippen molar-refractivity contribution in [2.24, 2.45) is 5.92 Å². The zero-order valence-corrected chi connectivity index (χ0v) is 19.6. The third-order valence-corrected chi connectivity index (χ3v) is 5.62. The molecule has 1 aliphatic rings. The lowest BCUT2D eigenvalue weighted by Crippen LogP contribution is -2.39.